The van der Waals surface area contributed by atoms with Gasteiger partial charge in [0, 0.05) is 11.8 Å². The van der Waals surface area contributed by atoms with E-state index in [0.717, 1.165) is 37.7 Å². The zero-order valence-corrected chi connectivity index (χ0v) is 17.4. The molecule has 0 radical (unpaired) electrons. The minimum Gasteiger partial charge on any atom is -0.465 e. The maximum absolute atomic E-state index is 13.3. The van der Waals surface area contributed by atoms with Gasteiger partial charge in [0.1, 0.15) is 15.6 Å². The average Bonchev–Trinajstić information content (AvgIpc) is 3.26. The lowest BCUT2D eigenvalue weighted by atomic mass is 10.1. The number of hydrogen-bond donors (Lipinski definition) is 1. The summed E-state index contributed by atoms with van der Waals surface area (Å²) in [4.78, 5) is 40.8. The Kier molecular flexibility index (Phi) is 5.72. The van der Waals surface area contributed by atoms with Crippen molar-refractivity contribution in [3.63, 3.8) is 0 Å². The van der Waals surface area contributed by atoms with E-state index in [1.165, 1.54) is 13.8 Å². The molecule has 0 aliphatic rings. The third kappa shape index (κ3) is 4.08. The highest BCUT2D eigenvalue weighted by atomic mass is 32.1. The van der Waals surface area contributed by atoms with Gasteiger partial charge in [-0.3, -0.25) is 4.79 Å². The Labute approximate surface area is 176 Å². The fourth-order valence-electron chi connectivity index (χ4n) is 2.82. The molecule has 3 rings (SSSR count). The zero-order chi connectivity index (χ0) is 23.1. The van der Waals surface area contributed by atoms with E-state index in [9.17, 15) is 27.6 Å². The first-order valence-corrected chi connectivity index (χ1v) is 9.35. The van der Waals surface area contributed by atoms with Crippen molar-refractivity contribution < 1.29 is 37.0 Å². The van der Waals surface area contributed by atoms with E-state index < -0.39 is 29.7 Å². The first-order valence-electron chi connectivity index (χ1n) is 8.54. The summed E-state index contributed by atoms with van der Waals surface area (Å²) in [5, 5.41) is 6.08. The molecule has 31 heavy (non-hydrogen) atoms. The Hall–Kier alpha value is -3.48. The van der Waals surface area contributed by atoms with Crippen LogP contribution < -0.4 is 5.32 Å². The van der Waals surface area contributed by atoms with Crippen LogP contribution in [0.3, 0.4) is 0 Å². The molecule has 164 valence electrons. The molecule has 0 bridgehead atoms. The average molecular weight is 456 g/mol. The molecule has 9 nitrogen and oxygen atoms in total. The van der Waals surface area contributed by atoms with Crippen molar-refractivity contribution in [3.8, 4) is 0 Å². The summed E-state index contributed by atoms with van der Waals surface area (Å²) >= 11 is 0.765. The van der Waals surface area contributed by atoms with Crippen LogP contribution in [0.4, 0.5) is 18.2 Å². The quantitative estimate of drug-likeness (QED) is 0.600. The molecular formula is C18H15F3N4O5S. The molecule has 1 amide bonds. The normalized spacial score (nSPS) is 11.5. The second-order valence-corrected chi connectivity index (χ2v) is 7.30. The number of thiophene rings is 1. The van der Waals surface area contributed by atoms with E-state index in [1.54, 1.807) is 0 Å². The van der Waals surface area contributed by atoms with E-state index in [4.69, 9.17) is 4.74 Å². The van der Waals surface area contributed by atoms with E-state index in [2.05, 4.69) is 20.1 Å². The van der Waals surface area contributed by atoms with Crippen LogP contribution in [0.25, 0.3) is 5.65 Å². The number of halogens is 3. The number of carbonyl (C=O) groups excluding carboxylic acids is 3. The lowest BCUT2D eigenvalue weighted by Crippen LogP contribution is -2.16. The van der Waals surface area contributed by atoms with Crippen LogP contribution in [0.5, 0.6) is 0 Å². The fraction of sp³-hybridized carbons (Fsp3) is 0.278. The van der Waals surface area contributed by atoms with Crippen molar-refractivity contribution in [1.82, 2.24) is 14.6 Å². The summed E-state index contributed by atoms with van der Waals surface area (Å²) < 4.78 is 49.8. The Morgan fingerprint density at radius 3 is 2.32 bits per heavy atom. The van der Waals surface area contributed by atoms with Crippen molar-refractivity contribution in [2.75, 3.05) is 19.5 Å². The molecule has 0 spiro atoms. The Balaban J connectivity index is 2.05. The molecule has 0 atom stereocenters. The molecule has 3 heterocycles. The SMILES string of the molecule is COC(=O)c1sc(NC(=O)c2cc3nc(C)cc(C(F)(F)F)n3n2)c(C(=O)OC)c1C. The van der Waals surface area contributed by atoms with E-state index >= 15 is 0 Å². The number of amides is 1. The molecule has 0 aliphatic carbocycles. The molecule has 13 heteroatoms. The lowest BCUT2D eigenvalue weighted by molar-refractivity contribution is -0.142. The minimum atomic E-state index is -4.72. The molecule has 0 saturated heterocycles. The maximum Gasteiger partial charge on any atom is 0.433 e. The van der Waals surface area contributed by atoms with Gasteiger partial charge in [-0.1, -0.05) is 0 Å². The second-order valence-electron chi connectivity index (χ2n) is 6.28. The summed E-state index contributed by atoms with van der Waals surface area (Å²) in [7, 11) is 2.28. The molecular weight excluding hydrogens is 441 g/mol. The molecule has 0 aliphatic heterocycles. The molecule has 3 aromatic rings. The lowest BCUT2D eigenvalue weighted by Gasteiger charge is -2.09. The number of esters is 2. The largest absolute Gasteiger partial charge is 0.465 e. The number of alkyl halides is 3. The zero-order valence-electron chi connectivity index (χ0n) is 16.6. The highest BCUT2D eigenvalue weighted by Gasteiger charge is 2.35. The number of carbonyl (C=O) groups is 3. The van der Waals surface area contributed by atoms with Gasteiger partial charge < -0.3 is 14.8 Å². The van der Waals surface area contributed by atoms with Gasteiger partial charge >= 0.3 is 18.1 Å². The fourth-order valence-corrected chi connectivity index (χ4v) is 3.93. The maximum atomic E-state index is 13.3. The van der Waals surface area contributed by atoms with Crippen LogP contribution in [-0.4, -0.2) is 46.7 Å². The number of hydrogen-bond acceptors (Lipinski definition) is 8. The topological polar surface area (TPSA) is 112 Å². The summed E-state index contributed by atoms with van der Waals surface area (Å²) in [5.74, 6) is -2.44. The number of aryl methyl sites for hydroxylation is 1. The van der Waals surface area contributed by atoms with Crippen molar-refractivity contribution in [2.24, 2.45) is 0 Å². The molecule has 3 aromatic heterocycles. The number of nitrogens with zero attached hydrogens (tertiary/aromatic N) is 3. The van der Waals surface area contributed by atoms with Gasteiger partial charge in [0.05, 0.1) is 19.8 Å². The van der Waals surface area contributed by atoms with Gasteiger partial charge in [0.25, 0.3) is 5.91 Å². The van der Waals surface area contributed by atoms with Gasteiger partial charge in [0.2, 0.25) is 0 Å². The summed E-state index contributed by atoms with van der Waals surface area (Å²) in [6.07, 6.45) is -4.72. The Bertz CT molecular complexity index is 1220. The monoisotopic (exact) mass is 456 g/mol. The number of anilines is 1. The summed E-state index contributed by atoms with van der Waals surface area (Å²) in [6, 6.07) is 1.89. The first-order chi connectivity index (χ1) is 14.5. The van der Waals surface area contributed by atoms with Gasteiger partial charge in [0.15, 0.2) is 11.3 Å². The van der Waals surface area contributed by atoms with Gasteiger partial charge in [-0.25, -0.2) is 19.1 Å². The van der Waals surface area contributed by atoms with Crippen molar-refractivity contribution in [2.45, 2.75) is 20.0 Å². The first kappa shape index (κ1) is 22.2. The third-order valence-corrected chi connectivity index (χ3v) is 5.40. The van der Waals surface area contributed by atoms with Gasteiger partial charge in [-0.2, -0.15) is 18.3 Å². The number of aromatic nitrogens is 3. The molecule has 0 aromatic carbocycles. The van der Waals surface area contributed by atoms with Crippen LogP contribution in [0.2, 0.25) is 0 Å². The van der Waals surface area contributed by atoms with Crippen molar-refractivity contribution >= 4 is 39.8 Å². The standard InChI is InChI=1S/C18H15F3N4O5S/c1-7-5-10(18(19,20)21)25-11(22-7)6-9(24-25)14(26)23-15-12(16(27)29-3)8(2)13(31-15)17(28)30-4/h5-6H,1-4H3,(H,23,26). The van der Waals surface area contributed by atoms with Crippen LogP contribution in [0, 0.1) is 13.8 Å². The highest BCUT2D eigenvalue weighted by Crippen LogP contribution is 2.35. The Morgan fingerprint density at radius 2 is 1.74 bits per heavy atom. The van der Waals surface area contributed by atoms with Gasteiger partial charge in [-0.15, -0.1) is 11.3 Å². The molecule has 0 fully saturated rings. The molecule has 1 N–H and O–H groups in total. The van der Waals surface area contributed by atoms with Gasteiger partial charge in [-0.05, 0) is 25.5 Å². The summed E-state index contributed by atoms with van der Waals surface area (Å²) in [6.45, 7) is 2.85. The van der Waals surface area contributed by atoms with E-state index in [0.29, 0.717) is 4.52 Å². The predicted molar refractivity (Wildman–Crippen MR) is 102 cm³/mol. The highest BCUT2D eigenvalue weighted by molar-refractivity contribution is 7.18. The van der Waals surface area contributed by atoms with Crippen LogP contribution >= 0.6 is 11.3 Å². The number of methoxy groups -OCH3 is 2. The number of nitrogens with one attached hydrogen (secondary N) is 1. The number of fused-ring (bicyclic) bond motifs is 1. The predicted octanol–water partition coefficient (Wildman–Crippen LogP) is 3.25. The van der Waals surface area contributed by atoms with Crippen LogP contribution in [-0.2, 0) is 15.7 Å². The van der Waals surface area contributed by atoms with E-state index in [-0.39, 0.29) is 38.0 Å². The third-order valence-electron chi connectivity index (χ3n) is 4.21. The molecule has 0 saturated carbocycles. The minimum absolute atomic E-state index is 0.0352. The molecule has 0 unspecified atom stereocenters. The number of ether oxygens (including phenoxy) is 2. The van der Waals surface area contributed by atoms with Crippen molar-refractivity contribution in [3.05, 3.63) is 45.2 Å². The second kappa shape index (κ2) is 7.98. The summed E-state index contributed by atoms with van der Waals surface area (Å²) in [5.41, 5.74) is -1.39. The van der Waals surface area contributed by atoms with E-state index in [1.807, 2.05) is 0 Å². The Morgan fingerprint density at radius 1 is 1.10 bits per heavy atom. The smallest absolute Gasteiger partial charge is 0.433 e. The van der Waals surface area contributed by atoms with Crippen LogP contribution in [0.15, 0.2) is 12.1 Å². The van der Waals surface area contributed by atoms with Crippen molar-refractivity contribution in [1.29, 1.82) is 0 Å². The van der Waals surface area contributed by atoms with Crippen LogP contribution in [0.1, 0.15) is 47.5 Å². The number of rotatable bonds is 4.